The highest BCUT2D eigenvalue weighted by Gasteiger charge is 2.11. The number of ether oxygens (including phenoxy) is 2. The molecule has 0 aliphatic heterocycles. The van der Waals surface area contributed by atoms with Crippen molar-refractivity contribution in [1.82, 2.24) is 0 Å². The molecule has 0 atom stereocenters. The Kier molecular flexibility index (Phi) is 5.28. The van der Waals surface area contributed by atoms with Crippen molar-refractivity contribution in [2.45, 2.75) is 19.8 Å². The number of methoxy groups -OCH3 is 1. The highest BCUT2D eigenvalue weighted by Crippen LogP contribution is 2.36. The summed E-state index contributed by atoms with van der Waals surface area (Å²) in [4.78, 5) is 10.5. The maximum Gasteiger partial charge on any atom is 0.303 e. The lowest BCUT2D eigenvalue weighted by atomic mass is 10.1. The summed E-state index contributed by atoms with van der Waals surface area (Å²) >= 11 is 3.39. The number of benzene rings is 1. The molecule has 1 aromatic carbocycles. The van der Waals surface area contributed by atoms with Gasteiger partial charge in [-0.05, 0) is 47.0 Å². The molecule has 0 aliphatic carbocycles. The van der Waals surface area contributed by atoms with Crippen molar-refractivity contribution in [3.8, 4) is 11.5 Å². The molecule has 1 rings (SSSR count). The van der Waals surface area contributed by atoms with E-state index >= 15 is 0 Å². The first-order chi connectivity index (χ1) is 8.08. The van der Waals surface area contributed by atoms with Crippen molar-refractivity contribution in [2.24, 2.45) is 0 Å². The lowest BCUT2D eigenvalue weighted by Gasteiger charge is -2.13. The molecule has 0 aliphatic rings. The van der Waals surface area contributed by atoms with E-state index in [1.807, 2.05) is 13.0 Å². The van der Waals surface area contributed by atoms with Crippen LogP contribution in [-0.4, -0.2) is 24.8 Å². The van der Waals surface area contributed by atoms with Gasteiger partial charge in [0.2, 0.25) is 0 Å². The molecule has 0 bridgehead atoms. The normalized spacial score (nSPS) is 10.1. The Labute approximate surface area is 109 Å². The van der Waals surface area contributed by atoms with Gasteiger partial charge in [0.25, 0.3) is 0 Å². The smallest absolute Gasteiger partial charge is 0.303 e. The van der Waals surface area contributed by atoms with Crippen LogP contribution in [0.2, 0.25) is 0 Å². The van der Waals surface area contributed by atoms with Gasteiger partial charge in [-0.3, -0.25) is 4.79 Å². The Bertz CT molecular complexity index is 404. The molecule has 4 nitrogen and oxygen atoms in total. The molecule has 0 unspecified atom stereocenters. The number of rotatable bonds is 6. The summed E-state index contributed by atoms with van der Waals surface area (Å²) in [5.74, 6) is 0.449. The fourth-order valence-corrected chi connectivity index (χ4v) is 2.06. The summed E-state index contributed by atoms with van der Waals surface area (Å²) in [6.07, 6.45) is 0.570. The number of hydrogen-bond donors (Lipinski definition) is 1. The second-order valence-electron chi connectivity index (χ2n) is 3.44. The van der Waals surface area contributed by atoms with Gasteiger partial charge in [-0.1, -0.05) is 0 Å². The molecule has 94 valence electrons. The number of aryl methyl sites for hydroxylation is 1. The predicted octanol–water partition coefficient (Wildman–Crippen LogP) is 2.87. The van der Waals surface area contributed by atoms with E-state index in [-0.39, 0.29) is 6.42 Å². The molecule has 0 spiro atoms. The van der Waals surface area contributed by atoms with Crippen LogP contribution in [0.5, 0.6) is 11.5 Å². The summed E-state index contributed by atoms with van der Waals surface area (Å²) in [7, 11) is 1.56. The molecule has 1 aromatic rings. The van der Waals surface area contributed by atoms with Crippen LogP contribution in [0.15, 0.2) is 16.6 Å². The molecule has 5 heteroatoms. The summed E-state index contributed by atoms with van der Waals surface area (Å²) in [6, 6.07) is 3.66. The number of hydrogen-bond acceptors (Lipinski definition) is 3. The number of carbonyl (C=O) groups is 1. The highest BCUT2D eigenvalue weighted by molar-refractivity contribution is 9.10. The van der Waals surface area contributed by atoms with Crippen molar-refractivity contribution in [2.75, 3.05) is 13.7 Å². The molecular weight excluding hydrogens is 288 g/mol. The number of carboxylic acids is 1. The zero-order valence-corrected chi connectivity index (χ0v) is 11.4. The second-order valence-corrected chi connectivity index (χ2v) is 4.29. The first-order valence-corrected chi connectivity index (χ1v) is 6.08. The van der Waals surface area contributed by atoms with Crippen molar-refractivity contribution in [3.05, 3.63) is 22.2 Å². The van der Waals surface area contributed by atoms with Crippen LogP contribution in [0, 0.1) is 0 Å². The fourth-order valence-electron chi connectivity index (χ4n) is 1.45. The molecule has 0 radical (unpaired) electrons. The van der Waals surface area contributed by atoms with Crippen LogP contribution in [0.25, 0.3) is 0 Å². The second kappa shape index (κ2) is 6.49. The van der Waals surface area contributed by atoms with Crippen molar-refractivity contribution >= 4 is 21.9 Å². The SMILES string of the molecule is CCOc1c(Br)cc(CCC(=O)O)cc1OC. The van der Waals surface area contributed by atoms with E-state index in [0.29, 0.717) is 24.5 Å². The fraction of sp³-hybridized carbons (Fsp3) is 0.417. The van der Waals surface area contributed by atoms with Gasteiger partial charge in [0.05, 0.1) is 18.2 Å². The van der Waals surface area contributed by atoms with E-state index in [1.54, 1.807) is 13.2 Å². The van der Waals surface area contributed by atoms with E-state index in [9.17, 15) is 4.79 Å². The lowest BCUT2D eigenvalue weighted by Crippen LogP contribution is -2.00. The Morgan fingerprint density at radius 1 is 1.47 bits per heavy atom. The summed E-state index contributed by atoms with van der Waals surface area (Å²) in [5.41, 5.74) is 0.902. The third-order valence-electron chi connectivity index (χ3n) is 2.21. The summed E-state index contributed by atoms with van der Waals surface area (Å²) in [5, 5.41) is 8.64. The van der Waals surface area contributed by atoms with Gasteiger partial charge >= 0.3 is 5.97 Å². The van der Waals surface area contributed by atoms with E-state index in [1.165, 1.54) is 0 Å². The molecule has 0 fully saturated rings. The molecule has 0 aromatic heterocycles. The van der Waals surface area contributed by atoms with Crippen LogP contribution in [0.4, 0.5) is 0 Å². The third kappa shape index (κ3) is 3.93. The monoisotopic (exact) mass is 302 g/mol. The van der Waals surface area contributed by atoms with E-state index in [2.05, 4.69) is 15.9 Å². The maximum atomic E-state index is 10.5. The molecule has 1 N–H and O–H groups in total. The van der Waals surface area contributed by atoms with Gasteiger partial charge in [0.1, 0.15) is 0 Å². The standard InChI is InChI=1S/C12H15BrO4/c1-3-17-12-9(13)6-8(4-5-11(14)15)7-10(12)16-2/h6-7H,3-5H2,1-2H3,(H,14,15). The summed E-state index contributed by atoms with van der Waals surface area (Å²) in [6.45, 7) is 2.44. The van der Waals surface area contributed by atoms with E-state index in [4.69, 9.17) is 14.6 Å². The third-order valence-corrected chi connectivity index (χ3v) is 2.79. The zero-order valence-electron chi connectivity index (χ0n) is 9.83. The van der Waals surface area contributed by atoms with Crippen LogP contribution in [0.1, 0.15) is 18.9 Å². The highest BCUT2D eigenvalue weighted by atomic mass is 79.9. The van der Waals surface area contributed by atoms with Crippen molar-refractivity contribution in [1.29, 1.82) is 0 Å². The Morgan fingerprint density at radius 3 is 2.71 bits per heavy atom. The minimum Gasteiger partial charge on any atom is -0.493 e. The van der Waals surface area contributed by atoms with Gasteiger partial charge < -0.3 is 14.6 Å². The van der Waals surface area contributed by atoms with Crippen LogP contribution in [0.3, 0.4) is 0 Å². The van der Waals surface area contributed by atoms with Crippen LogP contribution >= 0.6 is 15.9 Å². The summed E-state index contributed by atoms with van der Waals surface area (Å²) < 4.78 is 11.5. The molecule has 0 heterocycles. The van der Waals surface area contributed by atoms with Crippen molar-refractivity contribution in [3.63, 3.8) is 0 Å². The molecule has 0 saturated heterocycles. The van der Waals surface area contributed by atoms with E-state index < -0.39 is 5.97 Å². The topological polar surface area (TPSA) is 55.8 Å². The Balaban J connectivity index is 2.95. The molecule has 0 saturated carbocycles. The predicted molar refractivity (Wildman–Crippen MR) is 67.8 cm³/mol. The van der Waals surface area contributed by atoms with Crippen LogP contribution < -0.4 is 9.47 Å². The van der Waals surface area contributed by atoms with Crippen molar-refractivity contribution < 1.29 is 19.4 Å². The minimum absolute atomic E-state index is 0.101. The van der Waals surface area contributed by atoms with E-state index in [0.717, 1.165) is 10.0 Å². The largest absolute Gasteiger partial charge is 0.493 e. The first-order valence-electron chi connectivity index (χ1n) is 5.29. The van der Waals surface area contributed by atoms with Gasteiger partial charge in [-0.15, -0.1) is 0 Å². The lowest BCUT2D eigenvalue weighted by molar-refractivity contribution is -0.136. The number of carboxylic acid groups (broad SMARTS) is 1. The zero-order chi connectivity index (χ0) is 12.8. The molecule has 17 heavy (non-hydrogen) atoms. The van der Waals surface area contributed by atoms with Crippen LogP contribution in [-0.2, 0) is 11.2 Å². The van der Waals surface area contributed by atoms with Gasteiger partial charge in [0.15, 0.2) is 11.5 Å². The average Bonchev–Trinajstić information content (AvgIpc) is 2.29. The minimum atomic E-state index is -0.811. The molecule has 0 amide bonds. The number of aliphatic carboxylic acids is 1. The van der Waals surface area contributed by atoms with Gasteiger partial charge in [0, 0.05) is 6.42 Å². The number of halogens is 1. The van der Waals surface area contributed by atoms with Gasteiger partial charge in [-0.25, -0.2) is 0 Å². The average molecular weight is 303 g/mol. The quantitative estimate of drug-likeness (QED) is 0.878. The molecular formula is C12H15BrO4. The van der Waals surface area contributed by atoms with Gasteiger partial charge in [-0.2, -0.15) is 0 Å². The first kappa shape index (κ1) is 13.8. The maximum absolute atomic E-state index is 10.5. The Hall–Kier alpha value is -1.23. The Morgan fingerprint density at radius 2 is 2.18 bits per heavy atom.